The molecule has 2 unspecified atom stereocenters. The van der Waals surface area contributed by atoms with E-state index in [2.05, 4.69) is 10.6 Å². The van der Waals surface area contributed by atoms with Crippen LogP contribution in [0, 0.1) is 0 Å². The first-order valence-electron chi connectivity index (χ1n) is 7.22. The standard InChI is InChI=1S/C13H23N3O4/c17-6-4-15-12(18)8-11-13(19)16(5-3-14-11)9-10-2-1-7-20-10/h10-11,14,17H,1-9H2,(H,15,18). The molecule has 2 amide bonds. The SMILES string of the molecule is O=C(CC1NCCN(CC2CCCO2)C1=O)NCCO. The Labute approximate surface area is 118 Å². The van der Waals surface area contributed by atoms with Crippen molar-refractivity contribution in [3.05, 3.63) is 0 Å². The number of hydrogen-bond acceptors (Lipinski definition) is 5. The first kappa shape index (κ1) is 15.2. The number of piperazine rings is 1. The van der Waals surface area contributed by atoms with Gasteiger partial charge in [-0.25, -0.2) is 0 Å². The van der Waals surface area contributed by atoms with Gasteiger partial charge in [0.05, 0.1) is 25.2 Å². The third-order valence-corrected chi connectivity index (χ3v) is 3.65. The normalized spacial score (nSPS) is 26.9. The van der Waals surface area contributed by atoms with Gasteiger partial charge in [-0.1, -0.05) is 0 Å². The second-order valence-electron chi connectivity index (χ2n) is 5.20. The lowest BCUT2D eigenvalue weighted by molar-refractivity contribution is -0.139. The Morgan fingerprint density at radius 2 is 2.40 bits per heavy atom. The van der Waals surface area contributed by atoms with Crippen molar-refractivity contribution < 1.29 is 19.4 Å². The quantitative estimate of drug-likeness (QED) is 0.550. The van der Waals surface area contributed by atoms with Crippen LogP contribution < -0.4 is 10.6 Å². The summed E-state index contributed by atoms with van der Waals surface area (Å²) in [6.07, 6.45) is 2.30. The molecular weight excluding hydrogens is 262 g/mol. The van der Waals surface area contributed by atoms with Crippen molar-refractivity contribution in [2.45, 2.75) is 31.4 Å². The highest BCUT2D eigenvalue weighted by Crippen LogP contribution is 2.15. The van der Waals surface area contributed by atoms with Gasteiger partial charge in [-0.3, -0.25) is 9.59 Å². The summed E-state index contributed by atoms with van der Waals surface area (Å²) in [6.45, 7) is 2.87. The van der Waals surface area contributed by atoms with Crippen LogP contribution >= 0.6 is 0 Å². The molecule has 20 heavy (non-hydrogen) atoms. The minimum atomic E-state index is -0.469. The Balaban J connectivity index is 1.81. The van der Waals surface area contributed by atoms with Crippen LogP contribution in [0.15, 0.2) is 0 Å². The fourth-order valence-electron chi connectivity index (χ4n) is 2.62. The number of amides is 2. The fraction of sp³-hybridized carbons (Fsp3) is 0.846. The number of rotatable bonds is 6. The van der Waals surface area contributed by atoms with Crippen molar-refractivity contribution in [2.75, 3.05) is 39.4 Å². The lowest BCUT2D eigenvalue weighted by Crippen LogP contribution is -2.57. The van der Waals surface area contributed by atoms with Crippen LogP contribution in [0.1, 0.15) is 19.3 Å². The van der Waals surface area contributed by atoms with Gasteiger partial charge in [0.25, 0.3) is 0 Å². The molecular formula is C13H23N3O4. The number of aliphatic hydroxyl groups excluding tert-OH is 1. The predicted octanol–water partition coefficient (Wildman–Crippen LogP) is -1.54. The van der Waals surface area contributed by atoms with E-state index in [9.17, 15) is 9.59 Å². The molecule has 0 spiro atoms. The maximum Gasteiger partial charge on any atom is 0.240 e. The average molecular weight is 285 g/mol. The van der Waals surface area contributed by atoms with E-state index in [0.717, 1.165) is 19.4 Å². The monoisotopic (exact) mass is 285 g/mol. The Hall–Kier alpha value is -1.18. The smallest absolute Gasteiger partial charge is 0.240 e. The van der Waals surface area contributed by atoms with Gasteiger partial charge in [0.2, 0.25) is 11.8 Å². The van der Waals surface area contributed by atoms with Gasteiger partial charge >= 0.3 is 0 Å². The van der Waals surface area contributed by atoms with Crippen LogP contribution in [0.25, 0.3) is 0 Å². The average Bonchev–Trinajstić information content (AvgIpc) is 2.94. The summed E-state index contributed by atoms with van der Waals surface area (Å²) in [7, 11) is 0. The lowest BCUT2D eigenvalue weighted by Gasteiger charge is -2.34. The molecule has 0 radical (unpaired) electrons. The lowest BCUT2D eigenvalue weighted by atomic mass is 10.1. The van der Waals surface area contributed by atoms with Gasteiger partial charge in [-0.05, 0) is 12.8 Å². The summed E-state index contributed by atoms with van der Waals surface area (Å²) >= 11 is 0. The van der Waals surface area contributed by atoms with Gasteiger partial charge in [0.1, 0.15) is 0 Å². The van der Waals surface area contributed by atoms with Crippen LogP contribution in [0.5, 0.6) is 0 Å². The highest BCUT2D eigenvalue weighted by molar-refractivity contribution is 5.88. The molecule has 2 heterocycles. The Bertz CT molecular complexity index is 345. The topological polar surface area (TPSA) is 90.9 Å². The van der Waals surface area contributed by atoms with Crippen molar-refractivity contribution in [3.63, 3.8) is 0 Å². The molecule has 2 fully saturated rings. The summed E-state index contributed by atoms with van der Waals surface area (Å²) in [5, 5.41) is 14.3. The van der Waals surface area contributed by atoms with Crippen LogP contribution in [0.4, 0.5) is 0 Å². The van der Waals surface area contributed by atoms with E-state index < -0.39 is 6.04 Å². The van der Waals surface area contributed by atoms with E-state index in [0.29, 0.717) is 19.6 Å². The van der Waals surface area contributed by atoms with E-state index in [1.165, 1.54) is 0 Å². The summed E-state index contributed by atoms with van der Waals surface area (Å²) in [5.41, 5.74) is 0. The van der Waals surface area contributed by atoms with Gasteiger partial charge in [-0.2, -0.15) is 0 Å². The number of carbonyl (C=O) groups is 2. The minimum absolute atomic E-state index is 0.0362. The summed E-state index contributed by atoms with van der Waals surface area (Å²) in [5.74, 6) is -0.255. The van der Waals surface area contributed by atoms with Crippen molar-refractivity contribution >= 4 is 11.8 Å². The van der Waals surface area contributed by atoms with E-state index in [4.69, 9.17) is 9.84 Å². The third-order valence-electron chi connectivity index (χ3n) is 3.65. The van der Waals surface area contributed by atoms with Crippen LogP contribution in [0.2, 0.25) is 0 Å². The van der Waals surface area contributed by atoms with E-state index in [1.54, 1.807) is 4.90 Å². The molecule has 114 valence electrons. The Kier molecular flexibility index (Phi) is 5.75. The van der Waals surface area contributed by atoms with Crippen molar-refractivity contribution in [1.29, 1.82) is 0 Å². The van der Waals surface area contributed by atoms with E-state index in [-0.39, 0.29) is 37.5 Å². The zero-order valence-electron chi connectivity index (χ0n) is 11.6. The highest BCUT2D eigenvalue weighted by Gasteiger charge is 2.32. The van der Waals surface area contributed by atoms with Crippen molar-refractivity contribution in [2.24, 2.45) is 0 Å². The molecule has 0 saturated carbocycles. The Morgan fingerprint density at radius 3 is 3.10 bits per heavy atom. The summed E-state index contributed by atoms with van der Waals surface area (Å²) < 4.78 is 5.55. The fourth-order valence-corrected chi connectivity index (χ4v) is 2.62. The van der Waals surface area contributed by atoms with Crippen LogP contribution in [-0.4, -0.2) is 73.4 Å². The van der Waals surface area contributed by atoms with Crippen LogP contribution in [0.3, 0.4) is 0 Å². The first-order valence-corrected chi connectivity index (χ1v) is 7.22. The molecule has 2 atom stereocenters. The molecule has 3 N–H and O–H groups in total. The predicted molar refractivity (Wildman–Crippen MR) is 72.1 cm³/mol. The zero-order chi connectivity index (χ0) is 14.4. The number of ether oxygens (including phenoxy) is 1. The van der Waals surface area contributed by atoms with Crippen molar-refractivity contribution in [1.82, 2.24) is 15.5 Å². The number of nitrogens with zero attached hydrogens (tertiary/aromatic N) is 1. The van der Waals surface area contributed by atoms with E-state index >= 15 is 0 Å². The molecule has 2 rings (SSSR count). The summed E-state index contributed by atoms with van der Waals surface area (Å²) in [6, 6.07) is -0.469. The number of hydrogen-bond donors (Lipinski definition) is 3. The Morgan fingerprint density at radius 1 is 1.55 bits per heavy atom. The molecule has 0 aliphatic carbocycles. The molecule has 2 aliphatic rings. The molecule has 0 aromatic rings. The largest absolute Gasteiger partial charge is 0.395 e. The summed E-state index contributed by atoms with van der Waals surface area (Å²) in [4.78, 5) is 25.7. The van der Waals surface area contributed by atoms with Gasteiger partial charge < -0.3 is 25.4 Å². The molecule has 0 bridgehead atoms. The van der Waals surface area contributed by atoms with Gasteiger partial charge in [0, 0.05) is 32.8 Å². The molecule has 2 aliphatic heterocycles. The van der Waals surface area contributed by atoms with E-state index in [1.807, 2.05) is 0 Å². The molecule has 7 heteroatoms. The molecule has 2 saturated heterocycles. The highest BCUT2D eigenvalue weighted by atomic mass is 16.5. The minimum Gasteiger partial charge on any atom is -0.395 e. The first-order chi connectivity index (χ1) is 9.70. The maximum atomic E-state index is 12.3. The number of aliphatic hydroxyl groups is 1. The van der Waals surface area contributed by atoms with Gasteiger partial charge in [-0.15, -0.1) is 0 Å². The van der Waals surface area contributed by atoms with Gasteiger partial charge in [0.15, 0.2) is 0 Å². The molecule has 7 nitrogen and oxygen atoms in total. The number of nitrogens with one attached hydrogen (secondary N) is 2. The molecule has 0 aromatic heterocycles. The third kappa shape index (κ3) is 4.16. The second kappa shape index (κ2) is 7.56. The number of carbonyl (C=O) groups excluding carboxylic acids is 2. The van der Waals surface area contributed by atoms with Crippen molar-refractivity contribution in [3.8, 4) is 0 Å². The second-order valence-corrected chi connectivity index (χ2v) is 5.20. The molecule has 0 aromatic carbocycles. The van der Waals surface area contributed by atoms with Crippen LogP contribution in [-0.2, 0) is 14.3 Å². The maximum absolute atomic E-state index is 12.3. The zero-order valence-corrected chi connectivity index (χ0v) is 11.6.